The normalized spacial score (nSPS) is 15.9. The second-order valence-corrected chi connectivity index (χ2v) is 4.56. The summed E-state index contributed by atoms with van der Waals surface area (Å²) in [5.74, 6) is 1.52. The van der Waals surface area contributed by atoms with E-state index in [2.05, 4.69) is 10.3 Å². The van der Waals surface area contributed by atoms with E-state index >= 15 is 0 Å². The van der Waals surface area contributed by atoms with Gasteiger partial charge in [0.15, 0.2) is 11.5 Å². The van der Waals surface area contributed by atoms with E-state index in [4.69, 9.17) is 15.2 Å². The van der Waals surface area contributed by atoms with Crippen LogP contribution in [0.3, 0.4) is 0 Å². The molecule has 0 saturated carbocycles. The van der Waals surface area contributed by atoms with Crippen LogP contribution in [0.15, 0.2) is 24.4 Å². The van der Waals surface area contributed by atoms with Crippen LogP contribution in [0.25, 0.3) is 5.69 Å². The Morgan fingerprint density at radius 3 is 2.79 bits per heavy atom. The predicted molar refractivity (Wildman–Crippen MR) is 69.6 cm³/mol. The molecule has 0 aliphatic carbocycles. The Balaban J connectivity index is 1.94. The molecule has 1 atom stereocenters. The molecule has 100 valence electrons. The summed E-state index contributed by atoms with van der Waals surface area (Å²) in [4.78, 5) is 0. The zero-order chi connectivity index (χ0) is 13.2. The standard InChI is InChI=1S/C13H16N4O2/c1-9(14)11-8-17(16-15-11)10-3-4-12-13(7-10)19-6-2-5-18-12/h3-4,7-9H,2,5-6,14H2,1H3. The zero-order valence-corrected chi connectivity index (χ0v) is 10.7. The molecule has 2 heterocycles. The second-order valence-electron chi connectivity index (χ2n) is 4.56. The van der Waals surface area contributed by atoms with E-state index in [1.54, 1.807) is 4.68 Å². The van der Waals surface area contributed by atoms with E-state index in [0.717, 1.165) is 29.3 Å². The van der Waals surface area contributed by atoms with Crippen molar-refractivity contribution in [1.82, 2.24) is 15.0 Å². The molecule has 0 spiro atoms. The monoisotopic (exact) mass is 260 g/mol. The molecule has 6 heteroatoms. The molecule has 0 amide bonds. The highest BCUT2D eigenvalue weighted by Gasteiger charge is 2.13. The smallest absolute Gasteiger partial charge is 0.163 e. The Labute approximate surface area is 111 Å². The Kier molecular flexibility index (Phi) is 3.08. The van der Waals surface area contributed by atoms with Gasteiger partial charge in [-0.25, -0.2) is 4.68 Å². The van der Waals surface area contributed by atoms with Crippen LogP contribution in [0.4, 0.5) is 0 Å². The third-order valence-corrected chi connectivity index (χ3v) is 2.97. The molecular weight excluding hydrogens is 244 g/mol. The van der Waals surface area contributed by atoms with Crippen molar-refractivity contribution in [3.63, 3.8) is 0 Å². The number of nitrogens with zero attached hydrogens (tertiary/aromatic N) is 3. The van der Waals surface area contributed by atoms with Crippen molar-refractivity contribution in [3.05, 3.63) is 30.1 Å². The first-order chi connectivity index (χ1) is 9.24. The van der Waals surface area contributed by atoms with Crippen LogP contribution < -0.4 is 15.2 Å². The fraction of sp³-hybridized carbons (Fsp3) is 0.385. The zero-order valence-electron chi connectivity index (χ0n) is 10.7. The first kappa shape index (κ1) is 12.0. The Bertz CT molecular complexity index is 580. The SMILES string of the molecule is CC(N)c1cn(-c2ccc3c(c2)OCCCO3)nn1. The highest BCUT2D eigenvalue weighted by Crippen LogP contribution is 2.31. The lowest BCUT2D eigenvalue weighted by Crippen LogP contribution is -2.04. The number of aromatic nitrogens is 3. The van der Waals surface area contributed by atoms with Crippen molar-refractivity contribution in [2.75, 3.05) is 13.2 Å². The van der Waals surface area contributed by atoms with Crippen LogP contribution in [0.1, 0.15) is 25.1 Å². The van der Waals surface area contributed by atoms with Gasteiger partial charge in [0.1, 0.15) is 0 Å². The molecule has 1 aromatic heterocycles. The third-order valence-electron chi connectivity index (χ3n) is 2.97. The van der Waals surface area contributed by atoms with Gasteiger partial charge < -0.3 is 15.2 Å². The minimum absolute atomic E-state index is 0.130. The van der Waals surface area contributed by atoms with Gasteiger partial charge in [-0.05, 0) is 19.1 Å². The largest absolute Gasteiger partial charge is 0.490 e. The third kappa shape index (κ3) is 2.39. The first-order valence-corrected chi connectivity index (χ1v) is 6.32. The fourth-order valence-electron chi connectivity index (χ4n) is 1.91. The molecule has 6 nitrogen and oxygen atoms in total. The highest BCUT2D eigenvalue weighted by molar-refractivity contribution is 5.48. The predicted octanol–water partition coefficient (Wildman–Crippen LogP) is 1.45. The number of benzene rings is 1. The molecule has 0 bridgehead atoms. The summed E-state index contributed by atoms with van der Waals surface area (Å²) >= 11 is 0. The van der Waals surface area contributed by atoms with Gasteiger partial charge in [0.05, 0.1) is 30.8 Å². The number of fused-ring (bicyclic) bond motifs is 1. The van der Waals surface area contributed by atoms with Crippen LogP contribution in [0, 0.1) is 0 Å². The van der Waals surface area contributed by atoms with Crippen molar-refractivity contribution < 1.29 is 9.47 Å². The van der Waals surface area contributed by atoms with Crippen molar-refractivity contribution >= 4 is 0 Å². The molecular formula is C13H16N4O2. The Hall–Kier alpha value is -2.08. The van der Waals surface area contributed by atoms with Crippen molar-refractivity contribution in [2.24, 2.45) is 5.73 Å². The lowest BCUT2D eigenvalue weighted by atomic mass is 10.2. The van der Waals surface area contributed by atoms with Crippen molar-refractivity contribution in [2.45, 2.75) is 19.4 Å². The molecule has 3 rings (SSSR count). The van der Waals surface area contributed by atoms with E-state index in [1.165, 1.54) is 0 Å². The first-order valence-electron chi connectivity index (χ1n) is 6.32. The van der Waals surface area contributed by atoms with Gasteiger partial charge >= 0.3 is 0 Å². The Morgan fingerprint density at radius 2 is 2.05 bits per heavy atom. The van der Waals surface area contributed by atoms with Crippen molar-refractivity contribution in [3.8, 4) is 17.2 Å². The summed E-state index contributed by atoms with van der Waals surface area (Å²) in [6.45, 7) is 3.23. The van der Waals surface area contributed by atoms with Gasteiger partial charge in [-0.1, -0.05) is 5.21 Å². The molecule has 2 N–H and O–H groups in total. The number of rotatable bonds is 2. The molecule has 1 aliphatic heterocycles. The average molecular weight is 260 g/mol. The minimum atomic E-state index is -0.130. The summed E-state index contributed by atoms with van der Waals surface area (Å²) < 4.78 is 12.9. The van der Waals surface area contributed by atoms with Gasteiger partial charge in [0.25, 0.3) is 0 Å². The fourth-order valence-corrected chi connectivity index (χ4v) is 1.91. The average Bonchev–Trinajstić information content (AvgIpc) is 2.78. The van der Waals surface area contributed by atoms with Gasteiger partial charge in [0, 0.05) is 18.5 Å². The summed E-state index contributed by atoms with van der Waals surface area (Å²) in [7, 11) is 0. The lowest BCUT2D eigenvalue weighted by molar-refractivity contribution is 0.297. The van der Waals surface area contributed by atoms with E-state index in [9.17, 15) is 0 Å². The van der Waals surface area contributed by atoms with Gasteiger partial charge in [-0.2, -0.15) is 0 Å². The lowest BCUT2D eigenvalue weighted by Gasteiger charge is -2.08. The van der Waals surface area contributed by atoms with Gasteiger partial charge in [-0.3, -0.25) is 0 Å². The van der Waals surface area contributed by atoms with Crippen LogP contribution in [-0.2, 0) is 0 Å². The molecule has 2 aromatic rings. The molecule has 0 fully saturated rings. The molecule has 1 aliphatic rings. The highest BCUT2D eigenvalue weighted by atomic mass is 16.5. The van der Waals surface area contributed by atoms with E-state index in [-0.39, 0.29) is 6.04 Å². The van der Waals surface area contributed by atoms with Gasteiger partial charge in [-0.15, -0.1) is 5.10 Å². The van der Waals surface area contributed by atoms with E-state index in [1.807, 2.05) is 31.3 Å². The Morgan fingerprint density at radius 1 is 1.26 bits per heavy atom. The number of ether oxygens (including phenoxy) is 2. The number of nitrogens with two attached hydrogens (primary N) is 1. The van der Waals surface area contributed by atoms with Crippen LogP contribution in [0.5, 0.6) is 11.5 Å². The van der Waals surface area contributed by atoms with Crippen LogP contribution in [-0.4, -0.2) is 28.2 Å². The maximum Gasteiger partial charge on any atom is 0.163 e. The van der Waals surface area contributed by atoms with Crippen LogP contribution >= 0.6 is 0 Å². The molecule has 1 aromatic carbocycles. The molecule has 0 radical (unpaired) electrons. The second kappa shape index (κ2) is 4.89. The molecule has 0 saturated heterocycles. The van der Waals surface area contributed by atoms with Gasteiger partial charge in [0.2, 0.25) is 0 Å². The van der Waals surface area contributed by atoms with E-state index < -0.39 is 0 Å². The molecule has 19 heavy (non-hydrogen) atoms. The van der Waals surface area contributed by atoms with Crippen molar-refractivity contribution in [1.29, 1.82) is 0 Å². The maximum absolute atomic E-state index is 5.78. The van der Waals surface area contributed by atoms with Crippen LogP contribution in [0.2, 0.25) is 0 Å². The number of hydrogen-bond donors (Lipinski definition) is 1. The quantitative estimate of drug-likeness (QED) is 0.884. The van der Waals surface area contributed by atoms with E-state index in [0.29, 0.717) is 13.2 Å². The summed E-state index contributed by atoms with van der Waals surface area (Å²) in [6.07, 6.45) is 2.71. The summed E-state index contributed by atoms with van der Waals surface area (Å²) in [6, 6.07) is 5.59. The number of hydrogen-bond acceptors (Lipinski definition) is 5. The summed E-state index contributed by atoms with van der Waals surface area (Å²) in [5, 5.41) is 8.11. The maximum atomic E-state index is 5.78. The topological polar surface area (TPSA) is 75.2 Å². The summed E-state index contributed by atoms with van der Waals surface area (Å²) in [5.41, 5.74) is 7.41. The molecule has 1 unspecified atom stereocenters. The minimum Gasteiger partial charge on any atom is -0.490 e.